The molecule has 0 aliphatic carbocycles. The fourth-order valence-electron chi connectivity index (χ4n) is 1.34. The molecule has 17 heavy (non-hydrogen) atoms. The van der Waals surface area contributed by atoms with Crippen LogP contribution in [0.1, 0.15) is 12.0 Å². The minimum Gasteiger partial charge on any atom is -0.504 e. The molecule has 0 unspecified atom stereocenters. The van der Waals surface area contributed by atoms with Crippen molar-refractivity contribution in [1.29, 1.82) is 0 Å². The van der Waals surface area contributed by atoms with Gasteiger partial charge in [0.2, 0.25) is 0 Å². The van der Waals surface area contributed by atoms with Gasteiger partial charge in [0.05, 0.1) is 13.5 Å². The number of carbonyl (C=O) groups is 1. The Kier molecular flexibility index (Phi) is 5.06. The quantitative estimate of drug-likeness (QED) is 0.677. The molecule has 1 rings (SSSR count). The summed E-state index contributed by atoms with van der Waals surface area (Å²) < 4.78 is 4.95. The molecule has 0 bridgehead atoms. The van der Waals surface area contributed by atoms with E-state index in [4.69, 9.17) is 21.4 Å². The summed E-state index contributed by atoms with van der Waals surface area (Å²) >= 11 is 5.85. The van der Waals surface area contributed by atoms with Gasteiger partial charge in [-0.3, -0.25) is 4.79 Å². The van der Waals surface area contributed by atoms with Gasteiger partial charge in [-0.1, -0.05) is 11.6 Å². The molecule has 0 aliphatic rings. The predicted molar refractivity (Wildman–Crippen MR) is 63.6 cm³/mol. The van der Waals surface area contributed by atoms with Gasteiger partial charge >= 0.3 is 5.97 Å². The van der Waals surface area contributed by atoms with Gasteiger partial charge in [-0.15, -0.1) is 0 Å². The summed E-state index contributed by atoms with van der Waals surface area (Å²) in [5.74, 6) is -0.558. The van der Waals surface area contributed by atoms with Crippen molar-refractivity contribution < 1.29 is 19.7 Å². The van der Waals surface area contributed by atoms with Crippen LogP contribution in [-0.2, 0) is 11.3 Å². The summed E-state index contributed by atoms with van der Waals surface area (Å²) in [6.07, 6.45) is 0.0263. The molecule has 0 spiro atoms. The van der Waals surface area contributed by atoms with Gasteiger partial charge in [-0.05, 0) is 6.07 Å². The molecular weight excluding hydrogens is 246 g/mol. The first kappa shape index (κ1) is 13.6. The Morgan fingerprint density at radius 3 is 2.82 bits per heavy atom. The number of carboxylic acid groups (broad SMARTS) is 1. The van der Waals surface area contributed by atoms with Crippen molar-refractivity contribution in [2.24, 2.45) is 0 Å². The molecule has 94 valence electrons. The van der Waals surface area contributed by atoms with Crippen LogP contribution in [0.2, 0.25) is 5.02 Å². The Balaban J connectivity index is 2.64. The second-order valence-electron chi connectivity index (χ2n) is 3.44. The lowest BCUT2D eigenvalue weighted by Gasteiger charge is -2.10. The molecule has 0 radical (unpaired) electrons. The molecule has 0 saturated heterocycles. The molecule has 1 aromatic carbocycles. The first-order valence-corrected chi connectivity index (χ1v) is 5.40. The van der Waals surface area contributed by atoms with E-state index in [9.17, 15) is 9.90 Å². The molecule has 0 saturated carbocycles. The maximum absolute atomic E-state index is 10.3. The van der Waals surface area contributed by atoms with Crippen molar-refractivity contribution in [2.45, 2.75) is 13.0 Å². The average molecular weight is 260 g/mol. The number of rotatable bonds is 6. The number of aromatic hydroxyl groups is 1. The molecule has 0 fully saturated rings. The zero-order chi connectivity index (χ0) is 12.8. The van der Waals surface area contributed by atoms with Crippen molar-refractivity contribution in [3.05, 3.63) is 22.7 Å². The SMILES string of the molecule is COc1cc(Cl)cc(CNCCC(=O)O)c1O. The lowest BCUT2D eigenvalue weighted by atomic mass is 10.2. The number of hydrogen-bond donors (Lipinski definition) is 3. The topological polar surface area (TPSA) is 78.8 Å². The highest BCUT2D eigenvalue weighted by Gasteiger charge is 2.09. The van der Waals surface area contributed by atoms with E-state index in [-0.39, 0.29) is 12.2 Å². The van der Waals surface area contributed by atoms with Crippen molar-refractivity contribution in [3.63, 3.8) is 0 Å². The summed E-state index contributed by atoms with van der Waals surface area (Å²) in [6.45, 7) is 0.652. The number of phenolic OH excluding ortho intramolecular Hbond substituents is 1. The maximum atomic E-state index is 10.3. The molecular formula is C11H14ClNO4. The van der Waals surface area contributed by atoms with Crippen molar-refractivity contribution in [1.82, 2.24) is 5.32 Å². The fourth-order valence-corrected chi connectivity index (χ4v) is 1.57. The molecule has 6 heteroatoms. The van der Waals surface area contributed by atoms with Crippen LogP contribution in [0.5, 0.6) is 11.5 Å². The van der Waals surface area contributed by atoms with Crippen LogP contribution in [-0.4, -0.2) is 29.8 Å². The second-order valence-corrected chi connectivity index (χ2v) is 3.87. The standard InChI is InChI=1S/C11H14ClNO4/c1-17-9-5-8(12)4-7(11(9)16)6-13-3-2-10(14)15/h4-5,13,16H,2-3,6H2,1H3,(H,14,15). The van der Waals surface area contributed by atoms with Crippen LogP contribution in [0.15, 0.2) is 12.1 Å². The van der Waals surface area contributed by atoms with E-state index in [0.717, 1.165) is 0 Å². The largest absolute Gasteiger partial charge is 0.504 e. The minimum atomic E-state index is -0.870. The molecule has 0 amide bonds. The van der Waals surface area contributed by atoms with Gasteiger partial charge in [0.15, 0.2) is 11.5 Å². The van der Waals surface area contributed by atoms with Gasteiger partial charge < -0.3 is 20.3 Å². The summed E-state index contributed by atoms with van der Waals surface area (Å²) in [5, 5.41) is 21.6. The molecule has 0 heterocycles. The van der Waals surface area contributed by atoms with Gasteiger partial charge in [0, 0.05) is 29.7 Å². The smallest absolute Gasteiger partial charge is 0.304 e. The Morgan fingerprint density at radius 2 is 2.24 bits per heavy atom. The zero-order valence-electron chi connectivity index (χ0n) is 9.36. The molecule has 1 aromatic rings. The van der Waals surface area contributed by atoms with E-state index in [2.05, 4.69) is 5.32 Å². The highest BCUT2D eigenvalue weighted by atomic mass is 35.5. The first-order chi connectivity index (χ1) is 8.04. The number of nitrogens with one attached hydrogen (secondary N) is 1. The monoisotopic (exact) mass is 259 g/mol. The van der Waals surface area contributed by atoms with Gasteiger partial charge in [-0.2, -0.15) is 0 Å². The number of hydrogen-bond acceptors (Lipinski definition) is 4. The minimum absolute atomic E-state index is 0.0136. The number of methoxy groups -OCH3 is 1. The fraction of sp³-hybridized carbons (Fsp3) is 0.364. The normalized spacial score (nSPS) is 10.2. The van der Waals surface area contributed by atoms with Gasteiger partial charge in [-0.25, -0.2) is 0 Å². The van der Waals surface area contributed by atoms with Crippen LogP contribution in [0.3, 0.4) is 0 Å². The molecule has 0 aliphatic heterocycles. The van der Waals surface area contributed by atoms with Crippen molar-refractivity contribution >= 4 is 17.6 Å². The maximum Gasteiger partial charge on any atom is 0.304 e. The zero-order valence-corrected chi connectivity index (χ0v) is 10.1. The van der Waals surface area contributed by atoms with Crippen LogP contribution in [0, 0.1) is 0 Å². The van der Waals surface area contributed by atoms with Gasteiger partial charge in [0.1, 0.15) is 0 Å². The summed E-state index contributed by atoms with van der Waals surface area (Å²) in [6, 6.07) is 3.12. The number of ether oxygens (including phenoxy) is 1. The third-order valence-electron chi connectivity index (χ3n) is 2.17. The number of aliphatic carboxylic acids is 1. The Hall–Kier alpha value is -1.46. The van der Waals surface area contributed by atoms with Gasteiger partial charge in [0.25, 0.3) is 0 Å². The summed E-state index contributed by atoms with van der Waals surface area (Å²) in [5.41, 5.74) is 0.569. The van der Waals surface area contributed by atoms with E-state index < -0.39 is 5.97 Å². The van der Waals surface area contributed by atoms with E-state index >= 15 is 0 Å². The summed E-state index contributed by atoms with van der Waals surface area (Å²) in [4.78, 5) is 10.3. The predicted octanol–water partition coefficient (Wildman–Crippen LogP) is 1.62. The lowest BCUT2D eigenvalue weighted by Crippen LogP contribution is -2.17. The van der Waals surface area contributed by atoms with Crippen LogP contribution >= 0.6 is 11.6 Å². The highest BCUT2D eigenvalue weighted by Crippen LogP contribution is 2.33. The first-order valence-electron chi connectivity index (χ1n) is 5.02. The molecule has 0 aromatic heterocycles. The summed E-state index contributed by atoms with van der Waals surface area (Å²) in [7, 11) is 1.44. The third kappa shape index (κ3) is 4.13. The Morgan fingerprint density at radius 1 is 1.53 bits per heavy atom. The Bertz CT molecular complexity index is 409. The average Bonchev–Trinajstić information content (AvgIpc) is 2.28. The third-order valence-corrected chi connectivity index (χ3v) is 2.39. The molecule has 3 N–H and O–H groups in total. The number of phenols is 1. The number of benzene rings is 1. The molecule has 0 atom stereocenters. The number of carboxylic acids is 1. The van der Waals surface area contributed by atoms with Crippen molar-refractivity contribution in [3.8, 4) is 11.5 Å². The number of halogens is 1. The van der Waals surface area contributed by atoms with Crippen molar-refractivity contribution in [2.75, 3.05) is 13.7 Å². The second kappa shape index (κ2) is 6.32. The molecule has 5 nitrogen and oxygen atoms in total. The van der Waals surface area contributed by atoms with Crippen LogP contribution < -0.4 is 10.1 Å². The van der Waals surface area contributed by atoms with E-state index in [0.29, 0.717) is 29.4 Å². The highest BCUT2D eigenvalue weighted by molar-refractivity contribution is 6.30. The Labute approximate surface area is 104 Å². The van der Waals surface area contributed by atoms with E-state index in [1.54, 1.807) is 6.07 Å². The van der Waals surface area contributed by atoms with E-state index in [1.165, 1.54) is 13.2 Å². The van der Waals surface area contributed by atoms with E-state index in [1.807, 2.05) is 0 Å². The van der Waals surface area contributed by atoms with Crippen LogP contribution in [0.4, 0.5) is 0 Å². The van der Waals surface area contributed by atoms with Crippen LogP contribution in [0.25, 0.3) is 0 Å². The lowest BCUT2D eigenvalue weighted by molar-refractivity contribution is -0.136.